The van der Waals surface area contributed by atoms with Crippen LogP contribution in [0.3, 0.4) is 0 Å². The van der Waals surface area contributed by atoms with Crippen LogP contribution >= 0.6 is 0 Å². The first-order valence-corrected chi connectivity index (χ1v) is 6.67. The summed E-state index contributed by atoms with van der Waals surface area (Å²) < 4.78 is 4.83. The van der Waals surface area contributed by atoms with Crippen LogP contribution < -0.4 is 0 Å². The number of carbonyl (C=O) groups excluding carboxylic acids is 1. The molecule has 1 fully saturated rings. The summed E-state index contributed by atoms with van der Waals surface area (Å²) in [5.41, 5.74) is 0. The van der Waals surface area contributed by atoms with E-state index < -0.39 is 6.10 Å². The molecule has 0 saturated carbocycles. The second kappa shape index (κ2) is 7.67. The molecule has 0 radical (unpaired) electrons. The van der Waals surface area contributed by atoms with Crippen LogP contribution in [-0.4, -0.2) is 48.3 Å². The van der Waals surface area contributed by atoms with Crippen LogP contribution in [0, 0.1) is 5.92 Å². The summed E-state index contributed by atoms with van der Waals surface area (Å²) in [6.07, 6.45) is 3.16. The molecule has 0 aromatic carbocycles. The summed E-state index contributed by atoms with van der Waals surface area (Å²) >= 11 is 0. The van der Waals surface area contributed by atoms with Crippen LogP contribution in [0.15, 0.2) is 0 Å². The SMILES string of the molecule is CCOC(=O)CC(O)CN1CCCC(C)CC1. The molecule has 1 aliphatic heterocycles. The maximum Gasteiger partial charge on any atom is 0.308 e. The van der Waals surface area contributed by atoms with Crippen LogP contribution in [0.25, 0.3) is 0 Å². The Hall–Kier alpha value is -0.610. The Kier molecular flexibility index (Phi) is 6.52. The van der Waals surface area contributed by atoms with Crippen LogP contribution in [0.1, 0.15) is 39.5 Å². The number of likely N-dealkylation sites (tertiary alicyclic amines) is 1. The summed E-state index contributed by atoms with van der Waals surface area (Å²) in [7, 11) is 0. The molecule has 4 heteroatoms. The van der Waals surface area contributed by atoms with E-state index in [9.17, 15) is 9.90 Å². The van der Waals surface area contributed by atoms with Gasteiger partial charge in [0.05, 0.1) is 19.1 Å². The first-order valence-electron chi connectivity index (χ1n) is 6.67. The highest BCUT2D eigenvalue weighted by atomic mass is 16.5. The standard InChI is InChI=1S/C13H25NO3/c1-3-17-13(16)9-12(15)10-14-7-4-5-11(2)6-8-14/h11-12,15H,3-10H2,1-2H3. The molecule has 17 heavy (non-hydrogen) atoms. The third-order valence-electron chi connectivity index (χ3n) is 3.29. The van der Waals surface area contributed by atoms with Gasteiger partial charge in [0.1, 0.15) is 0 Å². The number of aliphatic hydroxyl groups is 1. The molecular formula is C13H25NO3. The predicted molar refractivity (Wildman–Crippen MR) is 66.7 cm³/mol. The summed E-state index contributed by atoms with van der Waals surface area (Å²) in [6.45, 7) is 7.09. The smallest absolute Gasteiger partial charge is 0.308 e. The van der Waals surface area contributed by atoms with Crippen molar-refractivity contribution in [2.45, 2.75) is 45.6 Å². The number of β-amino-alcohol motifs (C(OH)–C–C–N with tert-alkyl or cyclic N) is 1. The lowest BCUT2D eigenvalue weighted by molar-refractivity contribution is -0.145. The van der Waals surface area contributed by atoms with Gasteiger partial charge in [0.2, 0.25) is 0 Å². The zero-order valence-electron chi connectivity index (χ0n) is 11.0. The van der Waals surface area contributed by atoms with Crippen LogP contribution in [0.4, 0.5) is 0 Å². The third kappa shape index (κ3) is 6.03. The molecule has 0 aliphatic carbocycles. The molecule has 4 nitrogen and oxygen atoms in total. The van der Waals surface area contributed by atoms with Crippen LogP contribution in [-0.2, 0) is 9.53 Å². The van der Waals surface area contributed by atoms with E-state index in [1.54, 1.807) is 6.92 Å². The fraction of sp³-hybridized carbons (Fsp3) is 0.923. The molecule has 0 bridgehead atoms. The largest absolute Gasteiger partial charge is 0.466 e. The van der Waals surface area contributed by atoms with E-state index in [1.807, 2.05) is 0 Å². The number of esters is 1. The molecule has 1 heterocycles. The summed E-state index contributed by atoms with van der Waals surface area (Å²) in [4.78, 5) is 13.5. The van der Waals surface area contributed by atoms with Gasteiger partial charge in [-0.2, -0.15) is 0 Å². The molecule has 2 atom stereocenters. The zero-order valence-corrected chi connectivity index (χ0v) is 11.0. The molecule has 100 valence electrons. The molecule has 0 aromatic rings. The molecule has 0 amide bonds. The molecule has 1 rings (SSSR count). The minimum Gasteiger partial charge on any atom is -0.466 e. The maximum atomic E-state index is 11.2. The summed E-state index contributed by atoms with van der Waals surface area (Å²) in [5.74, 6) is 0.477. The van der Waals surface area contributed by atoms with Gasteiger partial charge < -0.3 is 14.7 Å². The molecule has 2 unspecified atom stereocenters. The van der Waals surface area contributed by atoms with Crippen molar-refractivity contribution in [2.75, 3.05) is 26.2 Å². The number of rotatable bonds is 5. The Morgan fingerprint density at radius 1 is 1.47 bits per heavy atom. The number of aliphatic hydroxyl groups excluding tert-OH is 1. The fourth-order valence-electron chi connectivity index (χ4n) is 2.28. The monoisotopic (exact) mass is 243 g/mol. The van der Waals surface area contributed by atoms with Gasteiger partial charge in [-0.15, -0.1) is 0 Å². The summed E-state index contributed by atoms with van der Waals surface area (Å²) in [6, 6.07) is 0. The highest BCUT2D eigenvalue weighted by molar-refractivity contribution is 5.69. The van der Waals surface area contributed by atoms with Crippen molar-refractivity contribution in [2.24, 2.45) is 5.92 Å². The van der Waals surface area contributed by atoms with Crippen molar-refractivity contribution in [3.05, 3.63) is 0 Å². The van der Waals surface area contributed by atoms with Gasteiger partial charge in [0.15, 0.2) is 0 Å². The minimum atomic E-state index is -0.595. The lowest BCUT2D eigenvalue weighted by Gasteiger charge is -2.22. The number of ether oxygens (including phenoxy) is 1. The van der Waals surface area contributed by atoms with E-state index in [0.29, 0.717) is 13.2 Å². The number of nitrogens with zero attached hydrogens (tertiary/aromatic N) is 1. The quantitative estimate of drug-likeness (QED) is 0.742. The van der Waals surface area contributed by atoms with Crippen molar-refractivity contribution in [1.82, 2.24) is 4.90 Å². The average Bonchev–Trinajstić information content (AvgIpc) is 2.44. The average molecular weight is 243 g/mol. The molecule has 0 aromatic heterocycles. The van der Waals surface area contributed by atoms with Gasteiger partial charge in [-0.3, -0.25) is 4.79 Å². The van der Waals surface area contributed by atoms with E-state index >= 15 is 0 Å². The van der Waals surface area contributed by atoms with Crippen molar-refractivity contribution in [1.29, 1.82) is 0 Å². The first-order chi connectivity index (χ1) is 8.11. The predicted octanol–water partition coefficient (Wildman–Crippen LogP) is 1.42. The van der Waals surface area contributed by atoms with Gasteiger partial charge in [0, 0.05) is 6.54 Å². The van der Waals surface area contributed by atoms with E-state index in [1.165, 1.54) is 19.3 Å². The molecule has 1 aliphatic rings. The number of hydrogen-bond acceptors (Lipinski definition) is 4. The van der Waals surface area contributed by atoms with Gasteiger partial charge in [-0.05, 0) is 45.2 Å². The Morgan fingerprint density at radius 2 is 2.24 bits per heavy atom. The maximum absolute atomic E-state index is 11.2. The van der Waals surface area contributed by atoms with E-state index in [-0.39, 0.29) is 12.4 Å². The summed E-state index contributed by atoms with van der Waals surface area (Å²) in [5, 5.41) is 9.81. The van der Waals surface area contributed by atoms with E-state index in [0.717, 1.165) is 19.0 Å². The number of carbonyl (C=O) groups is 1. The van der Waals surface area contributed by atoms with Crippen LogP contribution in [0.2, 0.25) is 0 Å². The lowest BCUT2D eigenvalue weighted by Crippen LogP contribution is -2.34. The van der Waals surface area contributed by atoms with Crippen molar-refractivity contribution in [3.63, 3.8) is 0 Å². The highest BCUT2D eigenvalue weighted by Gasteiger charge is 2.18. The van der Waals surface area contributed by atoms with E-state index in [2.05, 4.69) is 11.8 Å². The van der Waals surface area contributed by atoms with Crippen molar-refractivity contribution in [3.8, 4) is 0 Å². The second-order valence-corrected chi connectivity index (χ2v) is 5.00. The number of hydrogen-bond donors (Lipinski definition) is 1. The Bertz CT molecular complexity index is 233. The van der Waals surface area contributed by atoms with Gasteiger partial charge in [0.25, 0.3) is 0 Å². The third-order valence-corrected chi connectivity index (χ3v) is 3.29. The Morgan fingerprint density at radius 3 is 2.94 bits per heavy atom. The van der Waals surface area contributed by atoms with Crippen molar-refractivity contribution >= 4 is 5.97 Å². The Labute approximate surface area is 104 Å². The Balaban J connectivity index is 2.25. The molecular weight excluding hydrogens is 218 g/mol. The lowest BCUT2D eigenvalue weighted by atomic mass is 10.0. The highest BCUT2D eigenvalue weighted by Crippen LogP contribution is 2.16. The second-order valence-electron chi connectivity index (χ2n) is 5.00. The van der Waals surface area contributed by atoms with E-state index in [4.69, 9.17) is 4.74 Å². The first kappa shape index (κ1) is 14.5. The molecule has 0 spiro atoms. The minimum absolute atomic E-state index is 0.111. The van der Waals surface area contributed by atoms with Gasteiger partial charge >= 0.3 is 5.97 Å². The van der Waals surface area contributed by atoms with Crippen molar-refractivity contribution < 1.29 is 14.6 Å². The zero-order chi connectivity index (χ0) is 12.7. The van der Waals surface area contributed by atoms with Crippen LogP contribution in [0.5, 0.6) is 0 Å². The fourth-order valence-corrected chi connectivity index (χ4v) is 2.28. The normalized spacial score (nSPS) is 24.1. The van der Waals surface area contributed by atoms with Gasteiger partial charge in [-0.1, -0.05) is 6.92 Å². The topological polar surface area (TPSA) is 49.8 Å². The molecule has 1 N–H and O–H groups in total. The van der Waals surface area contributed by atoms with Gasteiger partial charge in [-0.25, -0.2) is 0 Å². The molecule has 1 saturated heterocycles.